The summed E-state index contributed by atoms with van der Waals surface area (Å²) < 4.78 is 22.2. The monoisotopic (exact) mass is 434 g/mol. The minimum atomic E-state index is -1.44. The summed E-state index contributed by atoms with van der Waals surface area (Å²) in [7, 11) is 1.51. The Morgan fingerprint density at radius 3 is 2.59 bits per heavy atom. The summed E-state index contributed by atoms with van der Waals surface area (Å²) >= 11 is 0. The van der Waals surface area contributed by atoms with Crippen LogP contribution in [0.4, 0.5) is 10.1 Å². The fourth-order valence-corrected chi connectivity index (χ4v) is 4.12. The number of hydrogen-bond donors (Lipinski definition) is 1. The first kappa shape index (κ1) is 19.8. The Bertz CT molecular complexity index is 843. The molecule has 144 valence electrons. The van der Waals surface area contributed by atoms with Crippen LogP contribution in [0.5, 0.6) is 5.75 Å². The fourth-order valence-electron chi connectivity index (χ4n) is 4.12. The van der Waals surface area contributed by atoms with Crippen molar-refractivity contribution in [3.05, 3.63) is 59.9 Å². The second-order valence-electron chi connectivity index (χ2n) is 6.98. The quantitative estimate of drug-likeness (QED) is 0.714. The van der Waals surface area contributed by atoms with E-state index in [1.54, 1.807) is 12.1 Å². The van der Waals surface area contributed by atoms with Crippen molar-refractivity contribution in [2.24, 2.45) is 0 Å². The van der Waals surface area contributed by atoms with Gasteiger partial charge in [0.05, 0.1) is 19.2 Å². The summed E-state index contributed by atoms with van der Waals surface area (Å²) in [5.41, 5.74) is -0.281. The van der Waals surface area contributed by atoms with Crippen molar-refractivity contribution in [3.8, 4) is 5.75 Å². The number of amidine groups is 1. The lowest BCUT2D eigenvalue weighted by atomic mass is 9.99. The molecule has 2 heterocycles. The summed E-state index contributed by atoms with van der Waals surface area (Å²) in [6, 6.07) is 14.4. The van der Waals surface area contributed by atoms with Gasteiger partial charge in [-0.1, -0.05) is 18.2 Å². The van der Waals surface area contributed by atoms with E-state index >= 15 is 0 Å². The number of aliphatic hydroxyl groups is 1. The topological polar surface area (TPSA) is 35.7 Å². The maximum Gasteiger partial charge on any atom is 0.278 e. The highest BCUT2D eigenvalue weighted by atomic mass is 79.9. The predicted octanol–water partition coefficient (Wildman–Crippen LogP) is 0.489. The largest absolute Gasteiger partial charge is 1.00 e. The van der Waals surface area contributed by atoms with Crippen molar-refractivity contribution in [3.63, 3.8) is 0 Å². The molecule has 0 fully saturated rings. The standard InChI is InChI=1S/C21H24FN2O2.BrH/c1-26-17-11-12-18(19(22)14-17)21(25)15-23-13-7-3-6-10-20(23)24(21)16-8-4-2-5-9-16;/h2,4-5,8-9,11-12,14,25H,3,6-7,10,13,15H2,1H3;1H/q+1;/p-1. The lowest BCUT2D eigenvalue weighted by molar-refractivity contribution is -0.534. The van der Waals surface area contributed by atoms with Crippen LogP contribution in [0.25, 0.3) is 0 Å². The van der Waals surface area contributed by atoms with Gasteiger partial charge in [-0.3, -0.25) is 4.58 Å². The highest BCUT2D eigenvalue weighted by Gasteiger charge is 2.55. The Morgan fingerprint density at radius 1 is 1.11 bits per heavy atom. The van der Waals surface area contributed by atoms with Gasteiger partial charge >= 0.3 is 0 Å². The third kappa shape index (κ3) is 3.48. The first-order valence-electron chi connectivity index (χ1n) is 9.16. The lowest BCUT2D eigenvalue weighted by Crippen LogP contribution is -3.00. The van der Waals surface area contributed by atoms with Crippen LogP contribution >= 0.6 is 0 Å². The maximum absolute atomic E-state index is 14.9. The number of nitrogens with zero attached hydrogens (tertiary/aromatic N) is 2. The molecule has 27 heavy (non-hydrogen) atoms. The Labute approximate surface area is 169 Å². The first-order valence-corrected chi connectivity index (χ1v) is 9.16. The molecule has 4 nitrogen and oxygen atoms in total. The van der Waals surface area contributed by atoms with E-state index < -0.39 is 11.5 Å². The number of rotatable bonds is 3. The molecule has 0 aliphatic carbocycles. The van der Waals surface area contributed by atoms with Crippen molar-refractivity contribution < 1.29 is 35.8 Å². The average molecular weight is 435 g/mol. The van der Waals surface area contributed by atoms with Crippen LogP contribution in [-0.2, 0) is 5.72 Å². The van der Waals surface area contributed by atoms with Gasteiger partial charge in [-0.2, -0.15) is 4.90 Å². The third-order valence-corrected chi connectivity index (χ3v) is 5.35. The molecular weight excluding hydrogens is 411 g/mol. The van der Waals surface area contributed by atoms with Gasteiger partial charge < -0.3 is 26.8 Å². The van der Waals surface area contributed by atoms with Crippen LogP contribution in [0.1, 0.15) is 31.2 Å². The van der Waals surface area contributed by atoms with Crippen LogP contribution in [0.2, 0.25) is 0 Å². The van der Waals surface area contributed by atoms with Gasteiger partial charge in [-0.15, -0.1) is 0 Å². The molecule has 2 aromatic rings. The van der Waals surface area contributed by atoms with E-state index in [2.05, 4.69) is 4.58 Å². The first-order chi connectivity index (χ1) is 12.6. The van der Waals surface area contributed by atoms with Crippen molar-refractivity contribution in [1.29, 1.82) is 0 Å². The Balaban J connectivity index is 0.00000210. The molecule has 4 rings (SSSR count). The molecule has 1 atom stereocenters. The van der Waals surface area contributed by atoms with Crippen molar-refractivity contribution in [2.45, 2.75) is 31.4 Å². The highest BCUT2D eigenvalue weighted by Crippen LogP contribution is 2.39. The normalized spacial score (nSPS) is 22.1. The second-order valence-corrected chi connectivity index (χ2v) is 6.98. The summed E-state index contributed by atoms with van der Waals surface area (Å²) in [5, 5.41) is 11.7. The SMILES string of the molecule is COc1ccc(C2(O)C[N+]3=C(CCCCC3)N2c2ccccc2)c(F)c1.[Br-]. The average Bonchev–Trinajstić information content (AvgIpc) is 2.78. The van der Waals surface area contributed by atoms with Gasteiger partial charge in [0.15, 0.2) is 6.54 Å². The van der Waals surface area contributed by atoms with Crippen LogP contribution in [0.15, 0.2) is 48.5 Å². The number of para-hydroxylation sites is 1. The van der Waals surface area contributed by atoms with Crippen molar-refractivity contribution in [2.75, 3.05) is 25.1 Å². The molecule has 0 radical (unpaired) electrons. The lowest BCUT2D eigenvalue weighted by Gasteiger charge is -2.29. The summed E-state index contributed by atoms with van der Waals surface area (Å²) in [6.45, 7) is 1.25. The fraction of sp³-hybridized carbons (Fsp3) is 0.381. The minimum Gasteiger partial charge on any atom is -1.00 e. The molecule has 1 unspecified atom stereocenters. The number of halogens is 2. The van der Waals surface area contributed by atoms with Crippen LogP contribution in [0, 0.1) is 5.82 Å². The smallest absolute Gasteiger partial charge is 0.278 e. The summed E-state index contributed by atoms with van der Waals surface area (Å²) in [5.74, 6) is 1.07. The molecule has 6 heteroatoms. The Morgan fingerprint density at radius 2 is 1.89 bits per heavy atom. The van der Waals surface area contributed by atoms with E-state index in [1.807, 2.05) is 35.2 Å². The van der Waals surface area contributed by atoms with Crippen LogP contribution in [0.3, 0.4) is 0 Å². The molecule has 0 aromatic heterocycles. The molecule has 2 aliphatic rings. The molecule has 0 spiro atoms. The molecule has 0 bridgehead atoms. The maximum atomic E-state index is 14.9. The Hall–Kier alpha value is -1.92. The zero-order valence-corrected chi connectivity index (χ0v) is 17.0. The molecule has 0 saturated carbocycles. The van der Waals surface area contributed by atoms with Crippen LogP contribution < -0.4 is 26.6 Å². The number of methoxy groups -OCH3 is 1. The second kappa shape index (κ2) is 7.98. The van der Waals surface area contributed by atoms with Gasteiger partial charge in [0.1, 0.15) is 17.3 Å². The Kier molecular flexibility index (Phi) is 5.86. The number of ether oxygens (including phenoxy) is 1. The van der Waals surface area contributed by atoms with Crippen molar-refractivity contribution in [1.82, 2.24) is 0 Å². The van der Waals surface area contributed by atoms with Gasteiger partial charge in [-0.25, -0.2) is 4.39 Å². The molecule has 0 amide bonds. The van der Waals surface area contributed by atoms with E-state index in [4.69, 9.17) is 4.74 Å². The zero-order valence-electron chi connectivity index (χ0n) is 15.4. The van der Waals surface area contributed by atoms with Gasteiger partial charge in [0.25, 0.3) is 11.6 Å². The number of anilines is 1. The zero-order chi connectivity index (χ0) is 18.1. The number of hydrogen-bond acceptors (Lipinski definition) is 3. The van der Waals surface area contributed by atoms with E-state index in [-0.39, 0.29) is 22.5 Å². The van der Waals surface area contributed by atoms with Gasteiger partial charge in [-0.05, 0) is 43.5 Å². The van der Waals surface area contributed by atoms with E-state index in [1.165, 1.54) is 19.6 Å². The summed E-state index contributed by atoms with van der Waals surface area (Å²) in [4.78, 5) is 1.92. The highest BCUT2D eigenvalue weighted by molar-refractivity contribution is 5.97. The van der Waals surface area contributed by atoms with E-state index in [0.29, 0.717) is 12.3 Å². The molecular formula is C21H24BrFN2O2. The molecule has 2 aliphatic heterocycles. The predicted molar refractivity (Wildman–Crippen MR) is 99.2 cm³/mol. The third-order valence-electron chi connectivity index (χ3n) is 5.35. The molecule has 1 N–H and O–H groups in total. The summed E-state index contributed by atoms with van der Waals surface area (Å²) in [6.07, 6.45) is 4.23. The van der Waals surface area contributed by atoms with Crippen molar-refractivity contribution >= 4 is 11.5 Å². The number of benzene rings is 2. The molecule has 0 saturated heterocycles. The van der Waals surface area contributed by atoms with Gasteiger partial charge in [0, 0.05) is 12.5 Å². The van der Waals surface area contributed by atoms with E-state index in [9.17, 15) is 9.50 Å². The minimum absolute atomic E-state index is 0. The van der Waals surface area contributed by atoms with Crippen LogP contribution in [-0.4, -0.2) is 35.7 Å². The molecule has 2 aromatic carbocycles. The van der Waals surface area contributed by atoms with Gasteiger partial charge in [0.2, 0.25) is 0 Å². The van der Waals surface area contributed by atoms with E-state index in [0.717, 1.165) is 37.3 Å².